The number of fused-ring (bicyclic) bond motifs is 1. The van der Waals surface area contributed by atoms with Crippen LogP contribution >= 0.6 is 0 Å². The van der Waals surface area contributed by atoms with Crippen molar-refractivity contribution in [3.63, 3.8) is 0 Å². The van der Waals surface area contributed by atoms with Gasteiger partial charge in [-0.1, -0.05) is 19.3 Å². The Labute approximate surface area is 149 Å². The second-order valence-corrected chi connectivity index (χ2v) is 8.86. The van der Waals surface area contributed by atoms with E-state index in [1.807, 2.05) is 12.1 Å². The first-order chi connectivity index (χ1) is 12.0. The minimum atomic E-state index is -3.66. The van der Waals surface area contributed by atoms with Gasteiger partial charge in [-0.2, -0.15) is 5.10 Å². The zero-order valence-corrected chi connectivity index (χ0v) is 15.3. The highest BCUT2D eigenvalue weighted by Gasteiger charge is 2.28. The normalized spacial score (nSPS) is 18.9. The van der Waals surface area contributed by atoms with Crippen LogP contribution in [0.4, 0.5) is 0 Å². The minimum Gasteiger partial charge on any atom is -0.237 e. The summed E-state index contributed by atoms with van der Waals surface area (Å²) < 4.78 is 25.1. The molecule has 0 spiro atoms. The van der Waals surface area contributed by atoms with Crippen molar-refractivity contribution in [2.24, 2.45) is 5.14 Å². The van der Waals surface area contributed by atoms with Crippen molar-refractivity contribution < 1.29 is 8.42 Å². The molecule has 5 nitrogen and oxygen atoms in total. The Bertz CT molecular complexity index is 863. The van der Waals surface area contributed by atoms with Gasteiger partial charge in [0.2, 0.25) is 10.0 Å². The molecule has 1 heterocycles. The van der Waals surface area contributed by atoms with Crippen molar-refractivity contribution in [3.8, 4) is 5.69 Å². The lowest BCUT2D eigenvalue weighted by Crippen LogP contribution is -2.14. The molecule has 0 amide bonds. The lowest BCUT2D eigenvalue weighted by atomic mass is 9.83. The summed E-state index contributed by atoms with van der Waals surface area (Å²) in [6, 6.07) is 6.81. The van der Waals surface area contributed by atoms with Gasteiger partial charge in [-0.05, 0) is 68.4 Å². The Morgan fingerprint density at radius 3 is 2.32 bits per heavy atom. The largest absolute Gasteiger partial charge is 0.238 e. The van der Waals surface area contributed by atoms with Gasteiger partial charge in [-0.15, -0.1) is 0 Å². The smallest absolute Gasteiger partial charge is 0.237 e. The summed E-state index contributed by atoms with van der Waals surface area (Å²) in [6.07, 6.45) is 11.0. The van der Waals surface area contributed by atoms with Crippen molar-refractivity contribution in [1.82, 2.24) is 9.78 Å². The topological polar surface area (TPSA) is 78.0 Å². The summed E-state index contributed by atoms with van der Waals surface area (Å²) in [6.45, 7) is 0. The summed E-state index contributed by atoms with van der Waals surface area (Å²) in [5.74, 6) is 0.570. The molecule has 0 bridgehead atoms. The second kappa shape index (κ2) is 6.57. The highest BCUT2D eigenvalue weighted by atomic mass is 32.2. The molecule has 25 heavy (non-hydrogen) atoms. The molecule has 0 unspecified atom stereocenters. The maximum absolute atomic E-state index is 11.5. The van der Waals surface area contributed by atoms with Crippen LogP contribution in [0.15, 0.2) is 29.2 Å². The summed E-state index contributed by atoms with van der Waals surface area (Å²) in [5, 5.41) is 10.1. The molecule has 1 aromatic heterocycles. The van der Waals surface area contributed by atoms with E-state index in [4.69, 9.17) is 10.2 Å². The second-order valence-electron chi connectivity index (χ2n) is 7.30. The monoisotopic (exact) mass is 359 g/mol. The van der Waals surface area contributed by atoms with E-state index in [2.05, 4.69) is 4.68 Å². The van der Waals surface area contributed by atoms with Crippen LogP contribution in [0.25, 0.3) is 5.69 Å². The number of nitrogens with two attached hydrogens (primary N) is 1. The maximum Gasteiger partial charge on any atom is 0.238 e. The van der Waals surface area contributed by atoms with Gasteiger partial charge >= 0.3 is 0 Å². The Morgan fingerprint density at radius 1 is 0.960 bits per heavy atom. The zero-order chi connectivity index (χ0) is 17.4. The molecular weight excluding hydrogens is 334 g/mol. The molecule has 0 radical (unpaired) electrons. The lowest BCUT2D eigenvalue weighted by Gasteiger charge is -2.25. The van der Waals surface area contributed by atoms with E-state index in [0.29, 0.717) is 5.92 Å². The molecular formula is C19H25N3O2S. The zero-order valence-electron chi connectivity index (χ0n) is 14.4. The average Bonchev–Trinajstić information content (AvgIpc) is 3.01. The van der Waals surface area contributed by atoms with Gasteiger partial charge in [0.25, 0.3) is 0 Å². The number of hydrogen-bond acceptors (Lipinski definition) is 3. The van der Waals surface area contributed by atoms with Crippen LogP contribution in [0.1, 0.15) is 67.8 Å². The van der Waals surface area contributed by atoms with Gasteiger partial charge in [0.05, 0.1) is 22.0 Å². The highest BCUT2D eigenvalue weighted by Crippen LogP contribution is 2.38. The number of nitrogens with zero attached hydrogens (tertiary/aromatic N) is 2. The Morgan fingerprint density at radius 2 is 1.64 bits per heavy atom. The number of benzene rings is 1. The molecule has 1 aromatic carbocycles. The number of sulfonamides is 1. The van der Waals surface area contributed by atoms with Gasteiger partial charge in [0, 0.05) is 5.92 Å². The van der Waals surface area contributed by atoms with E-state index in [1.165, 1.54) is 61.9 Å². The van der Waals surface area contributed by atoms with E-state index < -0.39 is 10.0 Å². The van der Waals surface area contributed by atoms with Gasteiger partial charge in [0.1, 0.15) is 0 Å². The fourth-order valence-corrected chi connectivity index (χ4v) is 4.86. The molecule has 2 aliphatic carbocycles. The van der Waals surface area contributed by atoms with Crippen LogP contribution in [-0.2, 0) is 22.9 Å². The standard InChI is InChI=1S/C19H25N3O2S/c20-25(23,24)16-12-10-15(11-13-16)22-19(14-6-2-1-3-7-14)17-8-4-5-9-18(17)21-22/h10-14H,1-9H2,(H2,20,23,24). The van der Waals surface area contributed by atoms with E-state index >= 15 is 0 Å². The molecule has 134 valence electrons. The summed E-state index contributed by atoms with van der Waals surface area (Å²) in [7, 11) is -3.66. The van der Waals surface area contributed by atoms with Gasteiger partial charge < -0.3 is 0 Å². The van der Waals surface area contributed by atoms with Gasteiger partial charge in [-0.25, -0.2) is 18.2 Å². The molecule has 0 saturated heterocycles. The maximum atomic E-state index is 11.5. The summed E-state index contributed by atoms with van der Waals surface area (Å²) >= 11 is 0. The number of aromatic nitrogens is 2. The van der Waals surface area contributed by atoms with Crippen LogP contribution in [0.3, 0.4) is 0 Å². The number of rotatable bonds is 3. The first kappa shape index (κ1) is 16.8. The van der Waals surface area contributed by atoms with Crippen molar-refractivity contribution in [3.05, 3.63) is 41.2 Å². The molecule has 2 aromatic rings. The van der Waals surface area contributed by atoms with E-state index in [1.54, 1.807) is 12.1 Å². The summed E-state index contributed by atoms with van der Waals surface area (Å²) in [5.41, 5.74) is 5.00. The van der Waals surface area contributed by atoms with Gasteiger partial charge in [0.15, 0.2) is 0 Å². The predicted molar refractivity (Wildman–Crippen MR) is 97.4 cm³/mol. The SMILES string of the molecule is NS(=O)(=O)c1ccc(-n2nc3c(c2C2CCCCC2)CCCC3)cc1. The Kier molecular flexibility index (Phi) is 4.41. The third-order valence-electron chi connectivity index (χ3n) is 5.60. The van der Waals surface area contributed by atoms with E-state index in [-0.39, 0.29) is 4.90 Å². The average molecular weight is 359 g/mol. The molecule has 1 fully saturated rings. The first-order valence-corrected chi connectivity index (χ1v) is 10.8. The third kappa shape index (κ3) is 3.25. The fraction of sp³-hybridized carbons (Fsp3) is 0.526. The molecule has 4 rings (SSSR count). The minimum absolute atomic E-state index is 0.146. The van der Waals surface area contributed by atoms with Crippen molar-refractivity contribution in [2.75, 3.05) is 0 Å². The molecule has 0 atom stereocenters. The summed E-state index contributed by atoms with van der Waals surface area (Å²) in [4.78, 5) is 0.146. The van der Waals surface area contributed by atoms with E-state index in [9.17, 15) is 8.42 Å². The molecule has 2 aliphatic rings. The Balaban J connectivity index is 1.79. The predicted octanol–water partition coefficient (Wildman–Crippen LogP) is 3.45. The quantitative estimate of drug-likeness (QED) is 0.912. The number of primary sulfonamides is 1. The van der Waals surface area contributed by atoms with Crippen molar-refractivity contribution >= 4 is 10.0 Å². The van der Waals surface area contributed by atoms with Crippen LogP contribution in [-0.4, -0.2) is 18.2 Å². The van der Waals surface area contributed by atoms with E-state index in [0.717, 1.165) is 18.5 Å². The van der Waals surface area contributed by atoms with Crippen LogP contribution < -0.4 is 5.14 Å². The van der Waals surface area contributed by atoms with Crippen molar-refractivity contribution in [2.45, 2.75) is 68.6 Å². The molecule has 6 heteroatoms. The number of aryl methyl sites for hydroxylation is 1. The number of hydrogen-bond donors (Lipinski definition) is 1. The first-order valence-electron chi connectivity index (χ1n) is 9.28. The van der Waals surface area contributed by atoms with Crippen LogP contribution in [0.2, 0.25) is 0 Å². The third-order valence-corrected chi connectivity index (χ3v) is 6.53. The highest BCUT2D eigenvalue weighted by molar-refractivity contribution is 7.89. The fourth-order valence-electron chi connectivity index (χ4n) is 4.35. The lowest BCUT2D eigenvalue weighted by molar-refractivity contribution is 0.427. The van der Waals surface area contributed by atoms with Crippen molar-refractivity contribution in [1.29, 1.82) is 0 Å². The molecule has 2 N–H and O–H groups in total. The van der Waals surface area contributed by atoms with Crippen LogP contribution in [0.5, 0.6) is 0 Å². The Hall–Kier alpha value is -1.66. The molecule has 1 saturated carbocycles. The molecule has 0 aliphatic heterocycles. The van der Waals surface area contributed by atoms with Crippen LogP contribution in [0, 0.1) is 0 Å². The van der Waals surface area contributed by atoms with Gasteiger partial charge in [-0.3, -0.25) is 0 Å².